The van der Waals surface area contributed by atoms with Gasteiger partial charge >= 0.3 is 0 Å². The minimum absolute atomic E-state index is 0.961. The topological polar surface area (TPSA) is 29.7 Å². The number of aromatic nitrogens is 3. The molecule has 0 amide bonds. The van der Waals surface area contributed by atoms with Crippen molar-refractivity contribution in [1.29, 1.82) is 0 Å². The van der Waals surface area contributed by atoms with Gasteiger partial charge in [-0.15, -0.1) is 0 Å². The lowest BCUT2D eigenvalue weighted by molar-refractivity contribution is -0.632. The van der Waals surface area contributed by atoms with Crippen molar-refractivity contribution >= 4 is 11.5 Å². The van der Waals surface area contributed by atoms with Gasteiger partial charge in [0.1, 0.15) is 11.3 Å². The fourth-order valence-electron chi connectivity index (χ4n) is 1.05. The van der Waals surface area contributed by atoms with Crippen LogP contribution >= 0.6 is 11.5 Å². The summed E-state index contributed by atoms with van der Waals surface area (Å²) in [6.07, 6.45) is 5.57. The van der Waals surface area contributed by atoms with E-state index in [9.17, 15) is 0 Å². The first-order chi connectivity index (χ1) is 6.40. The van der Waals surface area contributed by atoms with Crippen molar-refractivity contribution in [2.24, 2.45) is 0 Å². The molecule has 0 aromatic carbocycles. The molecule has 2 rings (SSSR count). The molecule has 2 heterocycles. The zero-order valence-electron chi connectivity index (χ0n) is 7.21. The summed E-state index contributed by atoms with van der Waals surface area (Å²) < 4.78 is 5.95. The van der Waals surface area contributed by atoms with Crippen LogP contribution in [0.4, 0.5) is 0 Å². The molecule has 0 fully saturated rings. The monoisotopic (exact) mass is 191 g/mol. The second kappa shape index (κ2) is 3.62. The maximum absolute atomic E-state index is 4.13. The Morgan fingerprint density at radius 2 is 2.15 bits per heavy atom. The Labute approximate surface area is 80.9 Å². The SMILES string of the molecule is C[CH][n+]1ccc(-c2ncns2)cc1. The normalized spacial score (nSPS) is 10.2. The van der Waals surface area contributed by atoms with Gasteiger partial charge in [0.25, 0.3) is 0 Å². The number of hydrogen-bond donors (Lipinski definition) is 0. The third kappa shape index (κ3) is 1.72. The molecular weight excluding hydrogens is 182 g/mol. The van der Waals surface area contributed by atoms with Crippen molar-refractivity contribution in [3.63, 3.8) is 0 Å². The van der Waals surface area contributed by atoms with Crippen LogP contribution in [0.3, 0.4) is 0 Å². The Hall–Kier alpha value is -1.29. The standard InChI is InChI=1S/C9H9N3S/c1-2-12-5-3-8(4-6-12)9-10-7-11-13-9/h2-7H,1H3/q+1. The van der Waals surface area contributed by atoms with Crippen LogP contribution in [0.2, 0.25) is 0 Å². The quantitative estimate of drug-likeness (QED) is 0.674. The van der Waals surface area contributed by atoms with Gasteiger partial charge in [0.2, 0.25) is 6.54 Å². The van der Waals surface area contributed by atoms with Gasteiger partial charge in [-0.05, 0) is 11.5 Å². The summed E-state index contributed by atoms with van der Waals surface area (Å²) in [7, 11) is 0. The first-order valence-electron chi connectivity index (χ1n) is 3.97. The van der Waals surface area contributed by atoms with E-state index in [4.69, 9.17) is 0 Å². The van der Waals surface area contributed by atoms with E-state index in [-0.39, 0.29) is 0 Å². The Morgan fingerprint density at radius 3 is 2.69 bits per heavy atom. The Balaban J connectivity index is 2.33. The van der Waals surface area contributed by atoms with Crippen LogP contribution in [0.5, 0.6) is 0 Å². The van der Waals surface area contributed by atoms with Gasteiger partial charge in [-0.25, -0.2) is 4.98 Å². The van der Waals surface area contributed by atoms with Crippen molar-refractivity contribution in [3.05, 3.63) is 37.4 Å². The highest BCUT2D eigenvalue weighted by Gasteiger charge is 2.03. The minimum Gasteiger partial charge on any atom is -0.223 e. The maximum Gasteiger partial charge on any atom is 0.216 e. The highest BCUT2D eigenvalue weighted by molar-refractivity contribution is 7.09. The van der Waals surface area contributed by atoms with Crippen molar-refractivity contribution < 1.29 is 4.57 Å². The molecule has 0 bridgehead atoms. The molecule has 0 aliphatic heterocycles. The third-order valence-corrected chi connectivity index (χ3v) is 2.47. The van der Waals surface area contributed by atoms with E-state index in [0.717, 1.165) is 10.6 Å². The number of pyridine rings is 1. The molecule has 2 aromatic rings. The van der Waals surface area contributed by atoms with Gasteiger partial charge in [-0.1, -0.05) is 0 Å². The molecule has 4 heteroatoms. The predicted molar refractivity (Wildman–Crippen MR) is 50.9 cm³/mol. The van der Waals surface area contributed by atoms with Crippen molar-refractivity contribution in [2.45, 2.75) is 6.92 Å². The Morgan fingerprint density at radius 1 is 1.38 bits per heavy atom. The van der Waals surface area contributed by atoms with Crippen LogP contribution in [0.15, 0.2) is 30.9 Å². The predicted octanol–water partition coefficient (Wildman–Crippen LogP) is 1.52. The molecule has 13 heavy (non-hydrogen) atoms. The fraction of sp³-hybridized carbons (Fsp3) is 0.111. The van der Waals surface area contributed by atoms with Crippen LogP contribution in [0.25, 0.3) is 10.6 Å². The zero-order valence-corrected chi connectivity index (χ0v) is 8.03. The molecule has 0 unspecified atom stereocenters. The third-order valence-electron chi connectivity index (χ3n) is 1.76. The van der Waals surface area contributed by atoms with Crippen LogP contribution in [-0.2, 0) is 0 Å². The first-order valence-corrected chi connectivity index (χ1v) is 4.75. The average Bonchev–Trinajstić information content (AvgIpc) is 2.71. The molecule has 1 radical (unpaired) electrons. The van der Waals surface area contributed by atoms with E-state index in [1.165, 1.54) is 11.5 Å². The number of rotatable bonds is 2. The first kappa shape index (κ1) is 8.31. The molecule has 3 nitrogen and oxygen atoms in total. The summed E-state index contributed by atoms with van der Waals surface area (Å²) in [5.74, 6) is 0. The van der Waals surface area contributed by atoms with Gasteiger partial charge in [-0.3, -0.25) is 0 Å². The van der Waals surface area contributed by atoms with Crippen LogP contribution < -0.4 is 4.57 Å². The molecule has 0 atom stereocenters. The Kier molecular flexibility index (Phi) is 2.31. The van der Waals surface area contributed by atoms with E-state index in [1.807, 2.05) is 42.6 Å². The van der Waals surface area contributed by atoms with Gasteiger partial charge in [0, 0.05) is 24.6 Å². The summed E-state index contributed by atoms with van der Waals surface area (Å²) in [6.45, 7) is 3.98. The largest absolute Gasteiger partial charge is 0.223 e. The fourth-order valence-corrected chi connectivity index (χ4v) is 1.58. The smallest absolute Gasteiger partial charge is 0.216 e. The average molecular weight is 191 g/mol. The van der Waals surface area contributed by atoms with Crippen molar-refractivity contribution in [3.8, 4) is 10.6 Å². The highest BCUT2D eigenvalue weighted by atomic mass is 32.1. The van der Waals surface area contributed by atoms with E-state index in [1.54, 1.807) is 6.33 Å². The highest BCUT2D eigenvalue weighted by Crippen LogP contribution is 2.17. The van der Waals surface area contributed by atoms with Crippen LogP contribution in [0, 0.1) is 6.54 Å². The number of hydrogen-bond acceptors (Lipinski definition) is 3. The molecule has 2 aromatic heterocycles. The molecular formula is C9H9N3S+. The summed E-state index contributed by atoms with van der Waals surface area (Å²) >= 11 is 1.41. The van der Waals surface area contributed by atoms with Crippen LogP contribution in [-0.4, -0.2) is 9.36 Å². The summed E-state index contributed by atoms with van der Waals surface area (Å²) in [6, 6.07) is 4.06. The zero-order chi connectivity index (χ0) is 9.10. The van der Waals surface area contributed by atoms with Gasteiger partial charge in [-0.2, -0.15) is 8.94 Å². The van der Waals surface area contributed by atoms with Gasteiger partial charge in [0.05, 0.1) is 0 Å². The lowest BCUT2D eigenvalue weighted by Crippen LogP contribution is -2.28. The summed E-state index contributed by atoms with van der Waals surface area (Å²) in [5.41, 5.74) is 1.11. The van der Waals surface area contributed by atoms with E-state index < -0.39 is 0 Å². The van der Waals surface area contributed by atoms with Gasteiger partial charge < -0.3 is 0 Å². The molecule has 65 valence electrons. The Bertz CT molecular complexity index is 366. The summed E-state index contributed by atoms with van der Waals surface area (Å²) in [4.78, 5) is 4.13. The van der Waals surface area contributed by atoms with E-state index in [2.05, 4.69) is 9.36 Å². The number of nitrogens with zero attached hydrogens (tertiary/aromatic N) is 3. The second-order valence-electron chi connectivity index (χ2n) is 2.54. The summed E-state index contributed by atoms with van der Waals surface area (Å²) in [5, 5.41) is 0.961. The van der Waals surface area contributed by atoms with Crippen LogP contribution in [0.1, 0.15) is 6.92 Å². The maximum atomic E-state index is 4.13. The van der Waals surface area contributed by atoms with E-state index >= 15 is 0 Å². The molecule has 0 saturated heterocycles. The minimum atomic E-state index is 0.961. The van der Waals surface area contributed by atoms with Gasteiger partial charge in [0.15, 0.2) is 12.4 Å². The van der Waals surface area contributed by atoms with Crippen molar-refractivity contribution in [1.82, 2.24) is 9.36 Å². The lowest BCUT2D eigenvalue weighted by Gasteiger charge is -1.92. The molecule has 0 aliphatic rings. The molecule has 0 saturated carbocycles. The molecule has 0 aliphatic carbocycles. The molecule has 0 N–H and O–H groups in total. The second-order valence-corrected chi connectivity index (χ2v) is 3.32. The van der Waals surface area contributed by atoms with Crippen molar-refractivity contribution in [2.75, 3.05) is 0 Å². The van der Waals surface area contributed by atoms with E-state index in [0.29, 0.717) is 0 Å². The molecule has 0 spiro atoms. The lowest BCUT2D eigenvalue weighted by atomic mass is 10.3.